The normalized spacial score (nSPS) is 12.2. The van der Waals surface area contributed by atoms with E-state index in [-0.39, 0.29) is 31.3 Å². The third-order valence-electron chi connectivity index (χ3n) is 11.1. The summed E-state index contributed by atoms with van der Waals surface area (Å²) in [5, 5.41) is 3.55. The van der Waals surface area contributed by atoms with E-state index in [0.717, 1.165) is 50.9 Å². The standard InChI is InChI=1S/C37H34NO.C15H17FNSi.Ir/c1-24-23-38-34(22-32(24)25(2)37(3,4)5)30-15-17-35-33(20-30)31-16-14-29(21-36(31)39-35)28-13-9-12-27(19-28)18-26-10-7-6-8-11-26;1-11-8-14(12-6-5-7-13(16)9-12)17-10-15(11)18(2,3)4;/h6-14,16-17,19-23,25H,18H2,1-5H3;5,7-10H,1-4H3;/q2*-1;. The first-order valence-corrected chi connectivity index (χ1v) is 23.3. The van der Waals surface area contributed by atoms with Crippen molar-refractivity contribution in [1.82, 2.24) is 9.97 Å². The van der Waals surface area contributed by atoms with E-state index in [1.54, 1.807) is 6.07 Å². The zero-order chi connectivity index (χ0) is 40.5. The summed E-state index contributed by atoms with van der Waals surface area (Å²) in [5.74, 6) is 0.167. The van der Waals surface area contributed by atoms with Gasteiger partial charge in [0.2, 0.25) is 0 Å². The Kier molecular flexibility index (Phi) is 12.8. The van der Waals surface area contributed by atoms with Gasteiger partial charge in [-0.2, -0.15) is 0 Å². The van der Waals surface area contributed by atoms with Crippen LogP contribution in [0.15, 0.2) is 132 Å². The van der Waals surface area contributed by atoms with E-state index in [9.17, 15) is 4.39 Å². The van der Waals surface area contributed by atoms with Gasteiger partial charge in [0, 0.05) is 43.7 Å². The molecule has 3 heterocycles. The summed E-state index contributed by atoms with van der Waals surface area (Å²) in [6.45, 7) is 20.3. The topological polar surface area (TPSA) is 38.9 Å². The number of furan rings is 1. The van der Waals surface area contributed by atoms with Crippen LogP contribution in [0, 0.1) is 37.2 Å². The van der Waals surface area contributed by atoms with Gasteiger partial charge in [-0.05, 0) is 87.6 Å². The molecule has 5 aromatic carbocycles. The minimum atomic E-state index is -1.36. The van der Waals surface area contributed by atoms with Crippen molar-refractivity contribution in [1.29, 1.82) is 0 Å². The molecule has 1 atom stereocenters. The summed E-state index contributed by atoms with van der Waals surface area (Å²) in [6.07, 6.45) is 4.86. The van der Waals surface area contributed by atoms with E-state index in [1.807, 2.05) is 24.5 Å². The molecule has 58 heavy (non-hydrogen) atoms. The van der Waals surface area contributed by atoms with Crippen LogP contribution in [0.1, 0.15) is 61.4 Å². The van der Waals surface area contributed by atoms with Crippen molar-refractivity contribution in [2.24, 2.45) is 5.41 Å². The maximum Gasteiger partial charge on any atom is 0.121 e. The predicted molar refractivity (Wildman–Crippen MR) is 239 cm³/mol. The summed E-state index contributed by atoms with van der Waals surface area (Å²) in [7, 11) is -1.36. The Bertz CT molecular complexity index is 2690. The molecule has 0 saturated heterocycles. The number of benzene rings is 5. The van der Waals surface area contributed by atoms with Crippen molar-refractivity contribution in [3.05, 3.63) is 173 Å². The largest absolute Gasteiger partial charge is 0.500 e. The first-order chi connectivity index (χ1) is 27.1. The van der Waals surface area contributed by atoms with Crippen molar-refractivity contribution < 1.29 is 28.9 Å². The Hall–Kier alpha value is -5.00. The summed E-state index contributed by atoms with van der Waals surface area (Å²) in [5.41, 5.74) is 14.1. The molecule has 0 amide bonds. The van der Waals surface area contributed by atoms with Crippen LogP contribution in [0.4, 0.5) is 4.39 Å². The van der Waals surface area contributed by atoms with Gasteiger partial charge < -0.3 is 14.4 Å². The molecule has 6 heteroatoms. The quantitative estimate of drug-likeness (QED) is 0.118. The van der Waals surface area contributed by atoms with Crippen LogP contribution < -0.4 is 5.19 Å². The number of halogens is 1. The van der Waals surface area contributed by atoms with Crippen LogP contribution in [-0.4, -0.2) is 18.0 Å². The second-order valence-electron chi connectivity index (χ2n) is 17.4. The van der Waals surface area contributed by atoms with Gasteiger partial charge in [0.25, 0.3) is 0 Å². The number of nitrogens with zero attached hydrogens (tertiary/aromatic N) is 2. The fourth-order valence-electron chi connectivity index (χ4n) is 7.44. The Morgan fingerprint density at radius 2 is 1.38 bits per heavy atom. The van der Waals surface area contributed by atoms with Crippen molar-refractivity contribution in [3.8, 4) is 33.6 Å². The molecule has 1 unspecified atom stereocenters. The first-order valence-electron chi connectivity index (χ1n) is 19.8. The molecule has 0 spiro atoms. The molecule has 0 saturated carbocycles. The molecule has 297 valence electrons. The van der Waals surface area contributed by atoms with Gasteiger partial charge in [-0.3, -0.25) is 0 Å². The number of pyridine rings is 2. The fraction of sp³-hybridized carbons (Fsp3) is 0.231. The monoisotopic (exact) mass is 959 g/mol. The molecule has 3 nitrogen and oxygen atoms in total. The number of aryl methyl sites for hydroxylation is 2. The predicted octanol–water partition coefficient (Wildman–Crippen LogP) is 13.7. The van der Waals surface area contributed by atoms with E-state index in [0.29, 0.717) is 11.5 Å². The first kappa shape index (κ1) is 42.6. The number of rotatable bonds is 7. The molecule has 0 N–H and O–H groups in total. The molecule has 3 aromatic heterocycles. The van der Waals surface area contributed by atoms with E-state index in [4.69, 9.17) is 9.40 Å². The van der Waals surface area contributed by atoms with Gasteiger partial charge in [-0.25, -0.2) is 4.39 Å². The van der Waals surface area contributed by atoms with E-state index in [2.05, 4.69) is 163 Å². The van der Waals surface area contributed by atoms with Gasteiger partial charge in [-0.15, -0.1) is 53.6 Å². The third kappa shape index (κ3) is 9.64. The molecule has 0 aliphatic carbocycles. The number of aromatic nitrogens is 2. The van der Waals surface area contributed by atoms with Crippen molar-refractivity contribution in [2.45, 2.75) is 73.5 Å². The average Bonchev–Trinajstić information content (AvgIpc) is 3.55. The Morgan fingerprint density at radius 3 is 2.09 bits per heavy atom. The van der Waals surface area contributed by atoms with Crippen LogP contribution in [0.5, 0.6) is 0 Å². The van der Waals surface area contributed by atoms with Gasteiger partial charge in [0.05, 0.1) is 13.7 Å². The van der Waals surface area contributed by atoms with E-state index in [1.165, 1.54) is 50.7 Å². The van der Waals surface area contributed by atoms with Gasteiger partial charge >= 0.3 is 0 Å². The summed E-state index contributed by atoms with van der Waals surface area (Å²) in [4.78, 5) is 9.23. The van der Waals surface area contributed by atoms with Gasteiger partial charge in [-0.1, -0.05) is 137 Å². The Balaban J connectivity index is 0.000000251. The number of fused-ring (bicyclic) bond motifs is 3. The minimum Gasteiger partial charge on any atom is -0.500 e. The second-order valence-corrected chi connectivity index (χ2v) is 22.4. The molecule has 8 rings (SSSR count). The molecular formula is C52H51FIrN2OSi-2. The molecule has 1 radical (unpaired) electrons. The van der Waals surface area contributed by atoms with Crippen LogP contribution in [0.2, 0.25) is 19.6 Å². The molecule has 0 fully saturated rings. The minimum absolute atomic E-state index is 0. The van der Waals surface area contributed by atoms with E-state index < -0.39 is 8.07 Å². The van der Waals surface area contributed by atoms with Crippen LogP contribution >= 0.6 is 0 Å². The van der Waals surface area contributed by atoms with Crippen molar-refractivity contribution in [3.63, 3.8) is 0 Å². The van der Waals surface area contributed by atoms with Crippen molar-refractivity contribution in [2.75, 3.05) is 0 Å². The van der Waals surface area contributed by atoms with Crippen molar-refractivity contribution >= 4 is 35.2 Å². The van der Waals surface area contributed by atoms with Gasteiger partial charge in [0.15, 0.2) is 0 Å². The molecule has 0 bridgehead atoms. The SMILES string of the molecule is Cc1cc(-c2[c-]ccc(F)c2)ncc1[Si](C)(C)C.Cc1cnc(-c2[c-]cc3oc4cc(-c5cccc(Cc6ccccc6)c5)ccc4c3c2)cc1C(C)C(C)(C)C.[Ir]. The summed E-state index contributed by atoms with van der Waals surface area (Å²) >= 11 is 0. The van der Waals surface area contributed by atoms with Gasteiger partial charge in [0.1, 0.15) is 5.58 Å². The smallest absolute Gasteiger partial charge is 0.121 e. The van der Waals surface area contributed by atoms with Crippen LogP contribution in [0.25, 0.3) is 55.6 Å². The summed E-state index contributed by atoms with van der Waals surface area (Å²) < 4.78 is 19.5. The summed E-state index contributed by atoms with van der Waals surface area (Å²) in [6, 6.07) is 45.2. The third-order valence-corrected chi connectivity index (χ3v) is 13.2. The maximum atomic E-state index is 13.2. The van der Waals surface area contributed by atoms with Crippen LogP contribution in [-0.2, 0) is 26.5 Å². The second kappa shape index (κ2) is 17.5. The number of hydrogen-bond acceptors (Lipinski definition) is 3. The van der Waals surface area contributed by atoms with E-state index >= 15 is 0 Å². The molecular weight excluding hydrogens is 908 g/mol. The number of hydrogen-bond donors (Lipinski definition) is 0. The molecule has 0 aliphatic heterocycles. The Morgan fingerprint density at radius 1 is 0.690 bits per heavy atom. The fourth-order valence-corrected chi connectivity index (χ4v) is 9.14. The zero-order valence-electron chi connectivity index (χ0n) is 34.9. The average molecular weight is 959 g/mol. The molecule has 8 aromatic rings. The Labute approximate surface area is 358 Å². The molecule has 0 aliphatic rings. The zero-order valence-corrected chi connectivity index (χ0v) is 38.3. The van der Waals surface area contributed by atoms with Crippen LogP contribution in [0.3, 0.4) is 0 Å². The maximum absolute atomic E-state index is 13.2.